The van der Waals surface area contributed by atoms with Crippen molar-refractivity contribution in [3.63, 3.8) is 0 Å². The number of aryl methyl sites for hydroxylation is 1. The first-order chi connectivity index (χ1) is 12.5. The van der Waals surface area contributed by atoms with Crippen LogP contribution in [0, 0.1) is 6.92 Å². The molecule has 6 nitrogen and oxygen atoms in total. The minimum absolute atomic E-state index is 0.0906. The second kappa shape index (κ2) is 8.31. The minimum Gasteiger partial charge on any atom is -0.484 e. The molecule has 0 aliphatic carbocycles. The highest BCUT2D eigenvalue weighted by molar-refractivity contribution is 6.30. The van der Waals surface area contributed by atoms with Crippen LogP contribution in [0.15, 0.2) is 29.8 Å². The summed E-state index contributed by atoms with van der Waals surface area (Å²) >= 11 is 5.89. The highest BCUT2D eigenvalue weighted by Crippen LogP contribution is 2.29. The molecule has 1 aromatic carbocycles. The second-order valence-electron chi connectivity index (χ2n) is 7.83. The monoisotopic (exact) mass is 393 g/mol. The molecule has 27 heavy (non-hydrogen) atoms. The van der Waals surface area contributed by atoms with Crippen molar-refractivity contribution in [3.8, 4) is 5.75 Å². The van der Waals surface area contributed by atoms with E-state index in [2.05, 4.69) is 16.0 Å². The molecule has 7 heteroatoms. The predicted octanol–water partition coefficient (Wildman–Crippen LogP) is 2.35. The average molecular weight is 394 g/mol. The fourth-order valence-electron chi connectivity index (χ4n) is 3.24. The highest BCUT2D eigenvalue weighted by Gasteiger charge is 2.39. The van der Waals surface area contributed by atoms with Gasteiger partial charge in [-0.05, 0) is 58.4 Å². The summed E-state index contributed by atoms with van der Waals surface area (Å²) in [5.41, 5.74) is 0.967. The maximum atomic E-state index is 12.4. The molecule has 1 aliphatic heterocycles. The van der Waals surface area contributed by atoms with Crippen molar-refractivity contribution in [1.82, 2.24) is 16.0 Å². The van der Waals surface area contributed by atoms with Crippen LogP contribution in [0.2, 0.25) is 5.02 Å². The molecular formula is C20H28ClN3O3. The lowest BCUT2D eigenvalue weighted by atomic mass is 9.96. The van der Waals surface area contributed by atoms with Gasteiger partial charge in [0, 0.05) is 34.8 Å². The largest absolute Gasteiger partial charge is 0.484 e. The van der Waals surface area contributed by atoms with Crippen LogP contribution in [0.5, 0.6) is 5.75 Å². The molecular weight excluding hydrogens is 366 g/mol. The fraction of sp³-hybridized carbons (Fsp3) is 0.500. The van der Waals surface area contributed by atoms with Crippen molar-refractivity contribution in [2.24, 2.45) is 0 Å². The van der Waals surface area contributed by atoms with Crippen LogP contribution in [0.25, 0.3) is 0 Å². The third-order valence-electron chi connectivity index (χ3n) is 4.29. The Morgan fingerprint density at radius 2 is 1.81 bits per heavy atom. The molecule has 0 bridgehead atoms. The Morgan fingerprint density at radius 1 is 1.15 bits per heavy atom. The molecule has 0 fully saturated rings. The van der Waals surface area contributed by atoms with Gasteiger partial charge in [-0.1, -0.05) is 17.7 Å². The lowest BCUT2D eigenvalue weighted by Gasteiger charge is -2.27. The smallest absolute Gasteiger partial charge is 0.258 e. The molecule has 1 aliphatic rings. The SMILES string of the molecule is Cc1cc(Cl)ccc1OCC(=O)NCCNC(=O)C1=CC(C)(C)NC1(C)C. The molecule has 1 heterocycles. The summed E-state index contributed by atoms with van der Waals surface area (Å²) in [7, 11) is 0. The summed E-state index contributed by atoms with van der Waals surface area (Å²) < 4.78 is 5.49. The molecule has 1 aromatic rings. The number of nitrogens with one attached hydrogen (secondary N) is 3. The van der Waals surface area contributed by atoms with Crippen LogP contribution < -0.4 is 20.7 Å². The second-order valence-corrected chi connectivity index (χ2v) is 8.27. The van der Waals surface area contributed by atoms with E-state index in [0.29, 0.717) is 29.4 Å². The van der Waals surface area contributed by atoms with Crippen LogP contribution in [-0.2, 0) is 9.59 Å². The number of rotatable bonds is 7. The van der Waals surface area contributed by atoms with Gasteiger partial charge in [-0.3, -0.25) is 14.9 Å². The van der Waals surface area contributed by atoms with E-state index < -0.39 is 0 Å². The van der Waals surface area contributed by atoms with E-state index in [-0.39, 0.29) is 29.5 Å². The zero-order valence-electron chi connectivity index (χ0n) is 16.5. The Labute approximate surface area is 165 Å². The molecule has 3 N–H and O–H groups in total. The maximum Gasteiger partial charge on any atom is 0.258 e. The van der Waals surface area contributed by atoms with Gasteiger partial charge in [-0.15, -0.1) is 0 Å². The summed E-state index contributed by atoms with van der Waals surface area (Å²) in [5.74, 6) is 0.246. The van der Waals surface area contributed by atoms with Crippen LogP contribution in [0.1, 0.15) is 33.3 Å². The van der Waals surface area contributed by atoms with Crippen LogP contribution in [0.4, 0.5) is 0 Å². The molecule has 148 valence electrons. The molecule has 0 radical (unpaired) electrons. The summed E-state index contributed by atoms with van der Waals surface area (Å²) in [6.07, 6.45) is 1.95. The van der Waals surface area contributed by atoms with E-state index in [9.17, 15) is 9.59 Å². The van der Waals surface area contributed by atoms with Crippen molar-refractivity contribution in [3.05, 3.63) is 40.4 Å². The number of carbonyl (C=O) groups excluding carboxylic acids is 2. The number of ether oxygens (including phenoxy) is 1. The van der Waals surface area contributed by atoms with E-state index in [1.54, 1.807) is 18.2 Å². The van der Waals surface area contributed by atoms with E-state index in [4.69, 9.17) is 16.3 Å². The molecule has 0 aromatic heterocycles. The van der Waals surface area contributed by atoms with Crippen LogP contribution >= 0.6 is 11.6 Å². The van der Waals surface area contributed by atoms with Crippen LogP contribution in [0.3, 0.4) is 0 Å². The summed E-state index contributed by atoms with van der Waals surface area (Å²) in [5, 5.41) is 9.60. The third kappa shape index (κ3) is 5.97. The van der Waals surface area contributed by atoms with Gasteiger partial charge in [0.25, 0.3) is 5.91 Å². The van der Waals surface area contributed by atoms with Crippen molar-refractivity contribution in [1.29, 1.82) is 0 Å². The zero-order chi connectivity index (χ0) is 20.2. The number of benzene rings is 1. The van der Waals surface area contributed by atoms with Gasteiger partial charge in [0.2, 0.25) is 5.91 Å². The van der Waals surface area contributed by atoms with Gasteiger partial charge in [0.05, 0.1) is 0 Å². The summed E-state index contributed by atoms with van der Waals surface area (Å²) in [4.78, 5) is 24.3. The number of hydrogen-bond acceptors (Lipinski definition) is 4. The normalized spacial score (nSPS) is 17.2. The molecule has 0 saturated carbocycles. The fourth-order valence-corrected chi connectivity index (χ4v) is 3.47. The molecule has 2 amide bonds. The van der Waals surface area contributed by atoms with Crippen molar-refractivity contribution >= 4 is 23.4 Å². The van der Waals surface area contributed by atoms with E-state index in [0.717, 1.165) is 5.56 Å². The molecule has 0 saturated heterocycles. The average Bonchev–Trinajstić information content (AvgIpc) is 2.78. The third-order valence-corrected chi connectivity index (χ3v) is 4.52. The number of hydrogen-bond donors (Lipinski definition) is 3. The van der Waals surface area contributed by atoms with Gasteiger partial charge in [0.15, 0.2) is 6.61 Å². The Bertz CT molecular complexity index is 757. The molecule has 0 spiro atoms. The lowest BCUT2D eigenvalue weighted by molar-refractivity contribution is -0.123. The van der Waals surface area contributed by atoms with Crippen molar-refractivity contribution in [2.45, 2.75) is 45.7 Å². The van der Waals surface area contributed by atoms with Crippen molar-refractivity contribution in [2.75, 3.05) is 19.7 Å². The van der Waals surface area contributed by atoms with Gasteiger partial charge in [-0.2, -0.15) is 0 Å². The molecule has 0 atom stereocenters. The number of halogens is 1. The zero-order valence-corrected chi connectivity index (χ0v) is 17.3. The van der Waals surface area contributed by atoms with E-state index in [1.165, 1.54) is 0 Å². The quantitative estimate of drug-likeness (QED) is 0.621. The molecule has 2 rings (SSSR count). The minimum atomic E-state index is -0.388. The Hall–Kier alpha value is -2.05. The highest BCUT2D eigenvalue weighted by atomic mass is 35.5. The first-order valence-electron chi connectivity index (χ1n) is 8.97. The van der Waals surface area contributed by atoms with E-state index >= 15 is 0 Å². The van der Waals surface area contributed by atoms with Crippen molar-refractivity contribution < 1.29 is 14.3 Å². The molecule has 0 unspecified atom stereocenters. The summed E-state index contributed by atoms with van der Waals surface area (Å²) in [6, 6.07) is 5.23. The Kier molecular flexibility index (Phi) is 6.54. The lowest BCUT2D eigenvalue weighted by Crippen LogP contribution is -2.48. The maximum absolute atomic E-state index is 12.4. The number of carbonyl (C=O) groups is 2. The Morgan fingerprint density at radius 3 is 2.41 bits per heavy atom. The van der Waals surface area contributed by atoms with Gasteiger partial charge < -0.3 is 15.4 Å². The van der Waals surface area contributed by atoms with Gasteiger partial charge in [-0.25, -0.2) is 0 Å². The first-order valence-corrected chi connectivity index (χ1v) is 9.34. The topological polar surface area (TPSA) is 79.5 Å². The van der Waals surface area contributed by atoms with Crippen LogP contribution in [-0.4, -0.2) is 42.6 Å². The predicted molar refractivity (Wildman–Crippen MR) is 107 cm³/mol. The van der Waals surface area contributed by atoms with Gasteiger partial charge in [0.1, 0.15) is 5.75 Å². The first kappa shape index (κ1) is 21.3. The number of amides is 2. The standard InChI is InChI=1S/C20H28ClN3O3/c1-13-10-14(21)6-7-16(13)27-12-17(25)22-8-9-23-18(26)15-11-19(2,3)24-20(15,4)5/h6-7,10-11,24H,8-9,12H2,1-5H3,(H,22,25)(H,23,26). The summed E-state index contributed by atoms with van der Waals surface area (Å²) in [6.45, 7) is 10.5. The van der Waals surface area contributed by atoms with Gasteiger partial charge >= 0.3 is 0 Å². The van der Waals surface area contributed by atoms with E-state index in [1.807, 2.05) is 40.7 Å². The Balaban J connectivity index is 1.72.